The molecule has 4 nitrogen and oxygen atoms in total. The molecule has 0 aliphatic carbocycles. The smallest absolute Gasteiger partial charge is 0.108 e. The second-order valence-corrected chi connectivity index (χ2v) is 2.82. The number of nitrogen functional groups attached to an aromatic ring is 1. The lowest BCUT2D eigenvalue weighted by molar-refractivity contribution is 0.977. The molecule has 4 N–H and O–H groups in total. The first-order valence-electron chi connectivity index (χ1n) is 4.28. The topological polar surface area (TPSA) is 74.3 Å². The predicted octanol–water partition coefficient (Wildman–Crippen LogP) is 2.75. The summed E-state index contributed by atoms with van der Waals surface area (Å²) in [5, 5.41) is 6.56. The predicted molar refractivity (Wildman–Crippen MR) is 54.4 cm³/mol. The molecule has 0 atom stereocenters. The number of benzene rings is 1. The summed E-state index contributed by atoms with van der Waals surface area (Å²) in [6, 6.07) is 5.27. The van der Waals surface area contributed by atoms with Crippen LogP contribution < -0.4 is 11.1 Å². The zero-order valence-corrected chi connectivity index (χ0v) is 7.67. The Morgan fingerprint density at radius 2 is 2.31 bits per heavy atom. The van der Waals surface area contributed by atoms with Gasteiger partial charge in [0.15, 0.2) is 0 Å². The molecule has 4 heteroatoms. The van der Waals surface area contributed by atoms with Crippen molar-refractivity contribution in [2.45, 2.75) is 13.3 Å². The average molecular weight is 178 g/mol. The van der Waals surface area contributed by atoms with Gasteiger partial charge >= 0.3 is 0 Å². The van der Waals surface area contributed by atoms with Gasteiger partial charge in [0.25, 0.3) is 0 Å². The molecule has 0 amide bonds. The Morgan fingerprint density at radius 3 is 2.92 bits per heavy atom. The summed E-state index contributed by atoms with van der Waals surface area (Å²) in [6.07, 6.45) is 1.03. The molecule has 0 unspecified atom stereocenters. The highest BCUT2D eigenvalue weighted by Crippen LogP contribution is 2.26. The van der Waals surface area contributed by atoms with Crippen molar-refractivity contribution in [2.75, 3.05) is 17.6 Å². The van der Waals surface area contributed by atoms with Crippen LogP contribution in [0.4, 0.5) is 17.1 Å². The minimum atomic E-state index is 0.627. The van der Waals surface area contributed by atoms with Crippen LogP contribution in [0.3, 0.4) is 0 Å². The molecule has 0 bridgehead atoms. The van der Waals surface area contributed by atoms with Gasteiger partial charge in [-0.15, -0.1) is 0 Å². The average Bonchev–Trinajstić information content (AvgIpc) is 2.15. The molecule has 13 heavy (non-hydrogen) atoms. The molecule has 0 saturated heterocycles. The minimum Gasteiger partial charge on any atom is -0.399 e. The number of nitrogens with zero attached hydrogens (tertiary/aromatic N) is 1. The third-order valence-corrected chi connectivity index (χ3v) is 1.71. The second kappa shape index (κ2) is 4.45. The second-order valence-electron chi connectivity index (χ2n) is 2.82. The molecule has 1 aromatic rings. The van der Waals surface area contributed by atoms with Crippen molar-refractivity contribution in [3.05, 3.63) is 18.2 Å². The summed E-state index contributed by atoms with van der Waals surface area (Å²) in [5.74, 6) is 0. The van der Waals surface area contributed by atoms with E-state index < -0.39 is 0 Å². The summed E-state index contributed by atoms with van der Waals surface area (Å²) in [7, 11) is 0. The van der Waals surface area contributed by atoms with Gasteiger partial charge in [-0.05, 0) is 24.6 Å². The van der Waals surface area contributed by atoms with Crippen molar-refractivity contribution in [1.29, 1.82) is 5.53 Å². The van der Waals surface area contributed by atoms with Crippen molar-refractivity contribution in [2.24, 2.45) is 5.11 Å². The Kier molecular flexibility index (Phi) is 3.25. The van der Waals surface area contributed by atoms with E-state index in [2.05, 4.69) is 17.4 Å². The highest BCUT2D eigenvalue weighted by atomic mass is 15.0. The Balaban J connectivity index is 2.87. The molecule has 0 spiro atoms. The van der Waals surface area contributed by atoms with E-state index in [4.69, 9.17) is 11.3 Å². The normalized spacial score (nSPS) is 9.62. The summed E-state index contributed by atoms with van der Waals surface area (Å²) in [4.78, 5) is 0. The van der Waals surface area contributed by atoms with E-state index in [0.29, 0.717) is 11.4 Å². The van der Waals surface area contributed by atoms with Crippen LogP contribution in [0.2, 0.25) is 0 Å². The molecule has 0 aliphatic heterocycles. The van der Waals surface area contributed by atoms with Gasteiger partial charge in [-0.2, -0.15) is 5.11 Å². The quantitative estimate of drug-likeness (QED) is 0.490. The first-order chi connectivity index (χ1) is 6.27. The van der Waals surface area contributed by atoms with Crippen LogP contribution in [0.25, 0.3) is 0 Å². The van der Waals surface area contributed by atoms with E-state index in [1.54, 1.807) is 18.2 Å². The van der Waals surface area contributed by atoms with Gasteiger partial charge in [-0.1, -0.05) is 6.92 Å². The van der Waals surface area contributed by atoms with E-state index in [9.17, 15) is 0 Å². The number of anilines is 2. The van der Waals surface area contributed by atoms with E-state index in [-0.39, 0.29) is 0 Å². The van der Waals surface area contributed by atoms with Crippen LogP contribution in [-0.4, -0.2) is 6.54 Å². The van der Waals surface area contributed by atoms with Gasteiger partial charge in [0.05, 0.1) is 5.69 Å². The lowest BCUT2D eigenvalue weighted by Gasteiger charge is -2.07. The van der Waals surface area contributed by atoms with E-state index in [1.165, 1.54) is 0 Å². The summed E-state index contributed by atoms with van der Waals surface area (Å²) in [6.45, 7) is 2.95. The monoisotopic (exact) mass is 178 g/mol. The fourth-order valence-corrected chi connectivity index (χ4v) is 1.05. The number of hydrogen-bond acceptors (Lipinski definition) is 4. The van der Waals surface area contributed by atoms with E-state index in [0.717, 1.165) is 18.7 Å². The van der Waals surface area contributed by atoms with E-state index in [1.807, 2.05) is 0 Å². The SMILES string of the molecule is CCCNc1cc(N)ccc1N=N. The van der Waals surface area contributed by atoms with Crippen molar-refractivity contribution in [3.63, 3.8) is 0 Å². The molecule has 1 rings (SSSR count). The Morgan fingerprint density at radius 1 is 1.54 bits per heavy atom. The zero-order chi connectivity index (χ0) is 9.68. The number of nitrogens with two attached hydrogens (primary N) is 1. The first-order valence-corrected chi connectivity index (χ1v) is 4.28. The summed E-state index contributed by atoms with van der Waals surface area (Å²) < 4.78 is 0. The minimum absolute atomic E-state index is 0.627. The molecule has 0 aromatic heterocycles. The summed E-state index contributed by atoms with van der Waals surface area (Å²) >= 11 is 0. The Labute approximate surface area is 77.7 Å². The molecule has 70 valence electrons. The highest BCUT2D eigenvalue weighted by Gasteiger charge is 2.00. The molecular weight excluding hydrogens is 164 g/mol. The van der Waals surface area contributed by atoms with Gasteiger partial charge in [0, 0.05) is 12.2 Å². The Hall–Kier alpha value is -1.58. The van der Waals surface area contributed by atoms with Gasteiger partial charge in [-0.25, -0.2) is 5.53 Å². The van der Waals surface area contributed by atoms with Crippen LogP contribution in [0.15, 0.2) is 23.3 Å². The molecule has 0 heterocycles. The maximum absolute atomic E-state index is 6.93. The number of nitrogens with one attached hydrogen (secondary N) is 2. The lowest BCUT2D eigenvalue weighted by atomic mass is 10.2. The molecular formula is C9H14N4. The number of hydrogen-bond donors (Lipinski definition) is 3. The summed E-state index contributed by atoms with van der Waals surface area (Å²) in [5.41, 5.74) is 14.7. The number of rotatable bonds is 4. The standard InChI is InChI=1S/C9H14N4/c1-2-5-12-9-6-7(10)3-4-8(9)13-11/h3-4,6,11-12H,2,5,10H2,1H3. The lowest BCUT2D eigenvalue weighted by Crippen LogP contribution is -2.00. The van der Waals surface area contributed by atoms with Gasteiger partial charge in [0.2, 0.25) is 0 Å². The van der Waals surface area contributed by atoms with E-state index >= 15 is 0 Å². The zero-order valence-electron chi connectivity index (χ0n) is 7.67. The van der Waals surface area contributed by atoms with Crippen LogP contribution in [0.1, 0.15) is 13.3 Å². The molecule has 0 saturated carbocycles. The Bertz CT molecular complexity index is 296. The third kappa shape index (κ3) is 2.43. The van der Waals surface area contributed by atoms with Gasteiger partial charge in [-0.3, -0.25) is 0 Å². The largest absolute Gasteiger partial charge is 0.399 e. The van der Waals surface area contributed by atoms with Crippen LogP contribution in [-0.2, 0) is 0 Å². The third-order valence-electron chi connectivity index (χ3n) is 1.71. The molecule has 0 aliphatic rings. The molecule has 0 fully saturated rings. The van der Waals surface area contributed by atoms with Gasteiger partial charge in [0.1, 0.15) is 5.69 Å². The van der Waals surface area contributed by atoms with Crippen LogP contribution in [0.5, 0.6) is 0 Å². The van der Waals surface area contributed by atoms with Crippen molar-refractivity contribution in [3.8, 4) is 0 Å². The van der Waals surface area contributed by atoms with Crippen LogP contribution in [0, 0.1) is 5.53 Å². The fraction of sp³-hybridized carbons (Fsp3) is 0.333. The molecule has 1 aromatic carbocycles. The first kappa shape index (κ1) is 9.51. The fourth-order valence-electron chi connectivity index (χ4n) is 1.05. The maximum Gasteiger partial charge on any atom is 0.108 e. The highest BCUT2D eigenvalue weighted by molar-refractivity contribution is 5.69. The van der Waals surface area contributed by atoms with Crippen LogP contribution >= 0.6 is 0 Å². The van der Waals surface area contributed by atoms with Crippen molar-refractivity contribution in [1.82, 2.24) is 0 Å². The molecule has 0 radical (unpaired) electrons. The van der Waals surface area contributed by atoms with Crippen molar-refractivity contribution < 1.29 is 0 Å². The van der Waals surface area contributed by atoms with Gasteiger partial charge < -0.3 is 11.1 Å². The van der Waals surface area contributed by atoms with Crippen molar-refractivity contribution >= 4 is 17.1 Å². The maximum atomic E-state index is 6.93.